The van der Waals surface area contributed by atoms with Gasteiger partial charge in [-0.15, -0.1) is 11.8 Å². The number of thioether (sulfide) groups is 2. The lowest BCUT2D eigenvalue weighted by Gasteiger charge is -2.13. The Kier molecular flexibility index (Phi) is 6.00. The molecule has 0 spiro atoms. The largest absolute Gasteiger partial charge is 0.355 e. The van der Waals surface area contributed by atoms with E-state index in [0.29, 0.717) is 0 Å². The lowest BCUT2D eigenvalue weighted by atomic mass is 10.2. The molecule has 6 heteroatoms. The molecule has 104 valence electrons. The van der Waals surface area contributed by atoms with E-state index in [1.807, 2.05) is 12.1 Å². The van der Waals surface area contributed by atoms with Crippen LogP contribution in [0.4, 0.5) is 0 Å². The van der Waals surface area contributed by atoms with E-state index in [0.717, 1.165) is 24.5 Å². The van der Waals surface area contributed by atoms with Gasteiger partial charge in [0, 0.05) is 24.7 Å². The van der Waals surface area contributed by atoms with Gasteiger partial charge in [-0.05, 0) is 36.1 Å². The molecule has 1 aromatic rings. The second-order valence-corrected chi connectivity index (χ2v) is 6.47. The van der Waals surface area contributed by atoms with Crippen molar-refractivity contribution < 1.29 is 4.79 Å². The van der Waals surface area contributed by atoms with Gasteiger partial charge in [-0.3, -0.25) is 15.1 Å². The summed E-state index contributed by atoms with van der Waals surface area (Å²) in [6, 6.07) is 3.89. The van der Waals surface area contributed by atoms with Crippen LogP contribution in [0.25, 0.3) is 0 Å². The standard InChI is InChI=1S/C13H19N3OS2/c1-18-8-2-5-15-12(17)11-9-19-13(16-11)10-3-6-14-7-4-10/h3-4,6-7,11,13,16H,2,5,8-9H2,1H3,(H,15,17). The lowest BCUT2D eigenvalue weighted by Crippen LogP contribution is -2.42. The molecule has 19 heavy (non-hydrogen) atoms. The number of hydrogen-bond donors (Lipinski definition) is 2. The molecule has 2 atom stereocenters. The zero-order valence-corrected chi connectivity index (χ0v) is 12.6. The Bertz CT molecular complexity index is 402. The van der Waals surface area contributed by atoms with Gasteiger partial charge >= 0.3 is 0 Å². The van der Waals surface area contributed by atoms with Crippen LogP contribution < -0.4 is 10.6 Å². The molecule has 0 aromatic carbocycles. The maximum Gasteiger partial charge on any atom is 0.238 e. The number of rotatable bonds is 6. The van der Waals surface area contributed by atoms with Crippen LogP contribution >= 0.6 is 23.5 Å². The van der Waals surface area contributed by atoms with Crippen molar-refractivity contribution in [2.24, 2.45) is 0 Å². The maximum absolute atomic E-state index is 12.0. The first kappa shape index (κ1) is 14.7. The summed E-state index contributed by atoms with van der Waals surface area (Å²) in [7, 11) is 0. The highest BCUT2D eigenvalue weighted by molar-refractivity contribution is 7.99. The van der Waals surface area contributed by atoms with E-state index in [1.54, 1.807) is 35.9 Å². The molecule has 2 unspecified atom stereocenters. The third-order valence-electron chi connectivity index (χ3n) is 2.93. The van der Waals surface area contributed by atoms with E-state index in [4.69, 9.17) is 0 Å². The molecule has 1 aromatic heterocycles. The van der Waals surface area contributed by atoms with Gasteiger partial charge < -0.3 is 5.32 Å². The smallest absolute Gasteiger partial charge is 0.238 e. The van der Waals surface area contributed by atoms with Crippen LogP contribution in [-0.4, -0.2) is 41.2 Å². The molecule has 0 aliphatic carbocycles. The van der Waals surface area contributed by atoms with Crippen molar-refractivity contribution in [3.05, 3.63) is 30.1 Å². The highest BCUT2D eigenvalue weighted by Gasteiger charge is 2.30. The number of nitrogens with one attached hydrogen (secondary N) is 2. The molecule has 2 N–H and O–H groups in total. The van der Waals surface area contributed by atoms with Gasteiger partial charge in [0.25, 0.3) is 0 Å². The fourth-order valence-corrected chi connectivity index (χ4v) is 3.58. The number of nitrogens with zero attached hydrogens (tertiary/aromatic N) is 1. The second kappa shape index (κ2) is 7.77. The normalized spacial score (nSPS) is 22.4. The number of aromatic nitrogens is 1. The average molecular weight is 297 g/mol. The van der Waals surface area contributed by atoms with Crippen molar-refractivity contribution in [3.63, 3.8) is 0 Å². The molecular formula is C13H19N3OS2. The number of hydrogen-bond acceptors (Lipinski definition) is 5. The van der Waals surface area contributed by atoms with Crippen molar-refractivity contribution in [1.82, 2.24) is 15.6 Å². The lowest BCUT2D eigenvalue weighted by molar-refractivity contribution is -0.122. The zero-order valence-electron chi connectivity index (χ0n) is 11.0. The van der Waals surface area contributed by atoms with E-state index >= 15 is 0 Å². The Morgan fingerprint density at radius 2 is 2.37 bits per heavy atom. The first-order valence-electron chi connectivity index (χ1n) is 6.35. The van der Waals surface area contributed by atoms with Crippen LogP contribution in [-0.2, 0) is 4.79 Å². The number of amides is 1. The van der Waals surface area contributed by atoms with Crippen molar-refractivity contribution in [3.8, 4) is 0 Å². The molecule has 1 amide bonds. The van der Waals surface area contributed by atoms with Gasteiger partial charge in [0.2, 0.25) is 5.91 Å². The third-order valence-corrected chi connectivity index (χ3v) is 4.90. The topological polar surface area (TPSA) is 54.0 Å². The molecule has 2 rings (SSSR count). The Balaban J connectivity index is 1.77. The van der Waals surface area contributed by atoms with Crippen molar-refractivity contribution in [2.75, 3.05) is 24.3 Å². The summed E-state index contributed by atoms with van der Waals surface area (Å²) in [6.07, 6.45) is 6.68. The molecule has 1 fully saturated rings. The molecule has 1 aliphatic rings. The monoisotopic (exact) mass is 297 g/mol. The Morgan fingerprint density at radius 3 is 3.11 bits per heavy atom. The van der Waals surface area contributed by atoms with Crippen molar-refractivity contribution >= 4 is 29.4 Å². The molecule has 1 aliphatic heterocycles. The SMILES string of the molecule is CSCCCNC(=O)C1CSC(c2ccncc2)N1. The van der Waals surface area contributed by atoms with Gasteiger partial charge in [0.05, 0.1) is 11.4 Å². The fourth-order valence-electron chi connectivity index (χ4n) is 1.90. The quantitative estimate of drug-likeness (QED) is 0.782. The Hall–Kier alpha value is -0.720. The molecular weight excluding hydrogens is 278 g/mol. The summed E-state index contributed by atoms with van der Waals surface area (Å²) >= 11 is 3.58. The Labute approximate surface area is 122 Å². The van der Waals surface area contributed by atoms with Crippen LogP contribution in [0.5, 0.6) is 0 Å². The van der Waals surface area contributed by atoms with Gasteiger partial charge in [-0.1, -0.05) is 0 Å². The van der Waals surface area contributed by atoms with E-state index in [2.05, 4.69) is 21.9 Å². The minimum Gasteiger partial charge on any atom is -0.355 e. The number of pyridine rings is 1. The van der Waals surface area contributed by atoms with Crippen LogP contribution in [0.3, 0.4) is 0 Å². The van der Waals surface area contributed by atoms with E-state index in [-0.39, 0.29) is 17.3 Å². The summed E-state index contributed by atoms with van der Waals surface area (Å²) < 4.78 is 0. The zero-order chi connectivity index (χ0) is 13.5. The predicted molar refractivity (Wildman–Crippen MR) is 82.4 cm³/mol. The summed E-state index contributed by atoms with van der Waals surface area (Å²) in [5, 5.41) is 6.56. The molecule has 1 saturated heterocycles. The Morgan fingerprint density at radius 1 is 1.58 bits per heavy atom. The van der Waals surface area contributed by atoms with Crippen LogP contribution in [0.1, 0.15) is 17.4 Å². The summed E-state index contributed by atoms with van der Waals surface area (Å²) in [4.78, 5) is 16.0. The summed E-state index contributed by atoms with van der Waals surface area (Å²) in [5.74, 6) is 2.03. The second-order valence-electron chi connectivity index (χ2n) is 4.35. The number of carbonyl (C=O) groups is 1. The summed E-state index contributed by atoms with van der Waals surface area (Å²) in [5.41, 5.74) is 1.18. The van der Waals surface area contributed by atoms with Crippen molar-refractivity contribution in [2.45, 2.75) is 17.8 Å². The van der Waals surface area contributed by atoms with Crippen LogP contribution in [0.15, 0.2) is 24.5 Å². The van der Waals surface area contributed by atoms with E-state index < -0.39 is 0 Å². The van der Waals surface area contributed by atoms with E-state index in [9.17, 15) is 4.79 Å². The molecule has 0 radical (unpaired) electrons. The summed E-state index contributed by atoms with van der Waals surface area (Å²) in [6.45, 7) is 0.766. The highest BCUT2D eigenvalue weighted by atomic mass is 32.2. The minimum atomic E-state index is -0.0857. The maximum atomic E-state index is 12.0. The number of carbonyl (C=O) groups excluding carboxylic acids is 1. The van der Waals surface area contributed by atoms with Crippen LogP contribution in [0, 0.1) is 0 Å². The molecule has 0 bridgehead atoms. The molecule has 0 saturated carbocycles. The first-order chi connectivity index (χ1) is 9.31. The van der Waals surface area contributed by atoms with E-state index in [1.165, 1.54) is 5.56 Å². The van der Waals surface area contributed by atoms with Crippen LogP contribution in [0.2, 0.25) is 0 Å². The van der Waals surface area contributed by atoms with Crippen molar-refractivity contribution in [1.29, 1.82) is 0 Å². The van der Waals surface area contributed by atoms with Gasteiger partial charge in [0.1, 0.15) is 0 Å². The van der Waals surface area contributed by atoms with Gasteiger partial charge in [-0.25, -0.2) is 0 Å². The predicted octanol–water partition coefficient (Wildman–Crippen LogP) is 1.65. The van der Waals surface area contributed by atoms with Gasteiger partial charge in [-0.2, -0.15) is 11.8 Å². The van der Waals surface area contributed by atoms with Gasteiger partial charge in [0.15, 0.2) is 0 Å². The average Bonchev–Trinajstić information content (AvgIpc) is 2.94. The third kappa shape index (κ3) is 4.40. The highest BCUT2D eigenvalue weighted by Crippen LogP contribution is 2.32. The first-order valence-corrected chi connectivity index (χ1v) is 8.79. The minimum absolute atomic E-state index is 0.0857. The molecule has 2 heterocycles. The molecule has 4 nitrogen and oxygen atoms in total. The fraction of sp³-hybridized carbons (Fsp3) is 0.538.